The summed E-state index contributed by atoms with van der Waals surface area (Å²) in [4.78, 5) is 89.4. The maximum atomic E-state index is 14.1. The van der Waals surface area contributed by atoms with E-state index in [0.717, 1.165) is 79.3 Å². The van der Waals surface area contributed by atoms with Crippen LogP contribution in [0.2, 0.25) is 5.02 Å². The summed E-state index contributed by atoms with van der Waals surface area (Å²) in [6.07, 6.45) is 6.09. The van der Waals surface area contributed by atoms with E-state index in [2.05, 4.69) is 26.5 Å². The smallest absolute Gasteiger partial charge is 0.318 e. The van der Waals surface area contributed by atoms with Gasteiger partial charge in [-0.15, -0.1) is 0 Å². The predicted molar refractivity (Wildman–Crippen MR) is 287 cm³/mol. The topological polar surface area (TPSA) is 244 Å². The van der Waals surface area contributed by atoms with Gasteiger partial charge in [0.25, 0.3) is 5.91 Å². The van der Waals surface area contributed by atoms with Crippen molar-refractivity contribution in [2.24, 2.45) is 0 Å². The average molecular weight is 1090 g/mol. The third-order valence-electron chi connectivity index (χ3n) is 14.8. The molecule has 2 atom stereocenters. The number of ether oxygens (including phenoxy) is 1. The van der Waals surface area contributed by atoms with E-state index in [1.807, 2.05) is 28.0 Å². The molecule has 5 heterocycles. The van der Waals surface area contributed by atoms with Gasteiger partial charge in [0.15, 0.2) is 5.83 Å². The number of aromatic hydroxyl groups is 1. The lowest BCUT2D eigenvalue weighted by Gasteiger charge is -2.41. The van der Waals surface area contributed by atoms with E-state index in [1.54, 1.807) is 26.8 Å². The van der Waals surface area contributed by atoms with E-state index in [4.69, 9.17) is 32.9 Å². The molecule has 4 aliphatic rings. The maximum absolute atomic E-state index is 14.1. The summed E-state index contributed by atoms with van der Waals surface area (Å²) in [5, 5.41) is 44.5. The number of hydrogen-bond acceptors (Lipinski definition) is 16. The number of carbonyl (C=O) groups is 5. The van der Waals surface area contributed by atoms with Gasteiger partial charge in [0.05, 0.1) is 49.1 Å². The fourth-order valence-corrected chi connectivity index (χ4v) is 11.1. The first-order valence-corrected chi connectivity index (χ1v) is 26.9. The number of nitrogens with one attached hydrogen (secondary N) is 1. The number of fused-ring (bicyclic) bond motifs is 2. The monoisotopic (exact) mass is 1090 g/mol. The number of rotatable bonds is 22. The molecule has 5 N–H and O–H groups in total. The number of carbonyl (C=O) groups excluding carboxylic acids is 2. The Morgan fingerprint density at radius 1 is 0.792 bits per heavy atom. The molecule has 0 unspecified atom stereocenters. The molecule has 3 saturated heterocycles. The first-order valence-electron chi connectivity index (χ1n) is 26.5. The van der Waals surface area contributed by atoms with E-state index < -0.39 is 35.7 Å². The molecular weight excluding hydrogens is 1020 g/mol. The Hall–Kier alpha value is -6.42. The Bertz CT molecular complexity index is 2600. The van der Waals surface area contributed by atoms with Crippen LogP contribution in [0, 0.1) is 6.57 Å². The first kappa shape index (κ1) is 58.3. The second-order valence-corrected chi connectivity index (χ2v) is 20.7. The standard InChI is InChI=1S/C53H72ClFN12O10/c1-37(55)52(76)67-26-25-66(30-40(67)29-56-2)51-42-12-16-65(45-28-41(68)27-38-9-7-11-43(54)50(38)45)31-44(42)58-53(59-51)77-36-39-10-8-15-64(39)14-6-4-3-5-13-57-46(69)32-60-17-19-61(33-47(70)71)21-23-63(35-49(74)75)24-22-62(20-18-60)34-48(72)73/h7,9,11,27-28,39-40,68H,1,3-6,8,10,12-26,29-36H2,(H,57,69)(H,70,71)(H,72,73)(H,74,75)/t39-,40-/m0/s1. The van der Waals surface area contributed by atoms with Crippen molar-refractivity contribution in [3.05, 3.63) is 70.4 Å². The molecule has 0 aliphatic carbocycles. The number of aromatic nitrogens is 2. The summed E-state index contributed by atoms with van der Waals surface area (Å²) in [5.74, 6) is -4.34. The van der Waals surface area contributed by atoms with Crippen LogP contribution in [-0.2, 0) is 36.9 Å². The van der Waals surface area contributed by atoms with Crippen LogP contribution < -0.4 is 19.9 Å². The van der Waals surface area contributed by atoms with Crippen LogP contribution in [0.1, 0.15) is 49.8 Å². The van der Waals surface area contributed by atoms with E-state index in [-0.39, 0.29) is 69.5 Å². The van der Waals surface area contributed by atoms with Crippen molar-refractivity contribution < 1.29 is 53.5 Å². The molecule has 418 valence electrons. The molecular formula is C53H72ClFN12O10. The summed E-state index contributed by atoms with van der Waals surface area (Å²) < 4.78 is 20.6. The number of carboxylic acids is 3. The van der Waals surface area contributed by atoms with Crippen molar-refractivity contribution in [1.29, 1.82) is 0 Å². The lowest BCUT2D eigenvalue weighted by Crippen LogP contribution is -2.57. The number of benzene rings is 2. The number of unbranched alkanes of at least 4 members (excludes halogenated alkanes) is 3. The summed E-state index contributed by atoms with van der Waals surface area (Å²) >= 11 is 6.76. The first-order chi connectivity index (χ1) is 37.0. The fraction of sp³-hybridized carbons (Fsp3) is 0.585. The van der Waals surface area contributed by atoms with Crippen molar-refractivity contribution in [3.8, 4) is 11.8 Å². The Kier molecular flexibility index (Phi) is 21.4. The normalized spacial score (nSPS) is 19.7. The van der Waals surface area contributed by atoms with Gasteiger partial charge in [-0.1, -0.05) is 43.2 Å². The van der Waals surface area contributed by atoms with E-state index >= 15 is 0 Å². The van der Waals surface area contributed by atoms with Gasteiger partial charge in [0.2, 0.25) is 12.5 Å². The fourth-order valence-electron chi connectivity index (χ4n) is 10.9. The third-order valence-corrected chi connectivity index (χ3v) is 15.1. The van der Waals surface area contributed by atoms with Gasteiger partial charge in [0.1, 0.15) is 24.2 Å². The van der Waals surface area contributed by atoms with E-state index in [1.165, 1.54) is 4.90 Å². The molecule has 24 heteroatoms. The number of phenolic OH excluding ortho intramolecular Hbond substituents is 1. The minimum Gasteiger partial charge on any atom is -0.508 e. The third kappa shape index (κ3) is 16.8. The molecule has 1 aromatic heterocycles. The van der Waals surface area contributed by atoms with Crippen LogP contribution in [-0.4, -0.2) is 239 Å². The van der Waals surface area contributed by atoms with E-state index in [0.29, 0.717) is 102 Å². The number of hydrogen-bond donors (Lipinski definition) is 5. The predicted octanol–water partition coefficient (Wildman–Crippen LogP) is 2.97. The van der Waals surface area contributed by atoms with Crippen LogP contribution in [0.25, 0.3) is 15.6 Å². The molecule has 2 aromatic carbocycles. The molecule has 4 aliphatic heterocycles. The largest absolute Gasteiger partial charge is 0.508 e. The lowest BCUT2D eigenvalue weighted by molar-refractivity contribution is -0.140. The van der Waals surface area contributed by atoms with Crippen LogP contribution in [0.5, 0.6) is 11.8 Å². The van der Waals surface area contributed by atoms with Crippen molar-refractivity contribution >= 4 is 63.6 Å². The SMILES string of the molecule is [C-]#[N+]C[C@H]1CN(c2nc(OC[C@@H]3CCCN3CCCCCCNC(=O)CN3CCN(CC(=O)O)CCN(CC(=O)O)CCN(CC(=O)O)CC3)nc3c2CCN(c2cc(O)cc4cccc(Cl)c24)C3)CCN1C(=O)C(=C)F. The number of anilines is 2. The highest BCUT2D eigenvalue weighted by Gasteiger charge is 2.37. The number of amides is 2. The number of aliphatic carboxylic acids is 3. The zero-order chi connectivity index (χ0) is 55.0. The summed E-state index contributed by atoms with van der Waals surface area (Å²) in [5.41, 5.74) is 2.43. The Morgan fingerprint density at radius 2 is 1.43 bits per heavy atom. The van der Waals surface area contributed by atoms with Gasteiger partial charge in [-0.2, -0.15) is 9.97 Å². The Morgan fingerprint density at radius 3 is 2.05 bits per heavy atom. The molecule has 77 heavy (non-hydrogen) atoms. The van der Waals surface area contributed by atoms with Crippen molar-refractivity contribution in [3.63, 3.8) is 0 Å². The second kappa shape index (κ2) is 28.3. The highest BCUT2D eigenvalue weighted by atomic mass is 35.5. The number of phenols is 1. The average Bonchev–Trinajstić information content (AvgIpc) is 3.85. The van der Waals surface area contributed by atoms with Crippen molar-refractivity contribution in [2.45, 2.75) is 63.6 Å². The number of halogens is 2. The van der Waals surface area contributed by atoms with E-state index in [9.17, 15) is 48.8 Å². The molecule has 3 aromatic rings. The number of piperazine rings is 1. The molecule has 3 fully saturated rings. The molecule has 0 radical (unpaired) electrons. The summed E-state index contributed by atoms with van der Waals surface area (Å²) in [6.45, 7) is 17.1. The summed E-state index contributed by atoms with van der Waals surface area (Å²) in [6, 6.07) is 8.73. The maximum Gasteiger partial charge on any atom is 0.318 e. The molecule has 7 rings (SSSR count). The minimum atomic E-state index is -1.07. The molecule has 0 bridgehead atoms. The minimum absolute atomic E-state index is 0.0157. The van der Waals surface area contributed by atoms with Gasteiger partial charge < -0.3 is 50.0 Å². The quantitative estimate of drug-likeness (QED) is 0.0552. The van der Waals surface area contributed by atoms with Gasteiger partial charge in [0, 0.05) is 108 Å². The molecule has 0 saturated carbocycles. The zero-order valence-electron chi connectivity index (χ0n) is 43.7. The number of nitrogens with zero attached hydrogens (tertiary/aromatic N) is 11. The second-order valence-electron chi connectivity index (χ2n) is 20.3. The van der Waals surface area contributed by atoms with Crippen molar-refractivity contribution in [2.75, 3.05) is 147 Å². The van der Waals surface area contributed by atoms with Crippen LogP contribution in [0.15, 0.2) is 42.7 Å². The Balaban J connectivity index is 0.924. The number of likely N-dealkylation sites (tertiary alicyclic amines) is 1. The molecule has 2 amide bonds. The highest BCUT2D eigenvalue weighted by Crippen LogP contribution is 2.40. The highest BCUT2D eigenvalue weighted by molar-refractivity contribution is 6.36. The molecule has 0 spiro atoms. The van der Waals surface area contributed by atoms with Crippen LogP contribution in [0.3, 0.4) is 0 Å². The van der Waals surface area contributed by atoms with Gasteiger partial charge in [-0.25, -0.2) is 11.0 Å². The van der Waals surface area contributed by atoms with Gasteiger partial charge in [-0.05, 0) is 62.7 Å². The van der Waals surface area contributed by atoms with Crippen molar-refractivity contribution in [1.82, 2.24) is 44.7 Å². The van der Waals surface area contributed by atoms with Crippen LogP contribution >= 0.6 is 11.6 Å². The van der Waals surface area contributed by atoms with Crippen LogP contribution in [0.4, 0.5) is 15.9 Å². The lowest BCUT2D eigenvalue weighted by atomic mass is 10.0. The van der Waals surface area contributed by atoms with Gasteiger partial charge in [-0.3, -0.25) is 48.5 Å². The molecule has 22 nitrogen and oxygen atoms in total. The van der Waals surface area contributed by atoms with Gasteiger partial charge >= 0.3 is 23.9 Å². The number of carboxylic acid groups (broad SMARTS) is 3. The zero-order valence-corrected chi connectivity index (χ0v) is 44.4. The summed E-state index contributed by atoms with van der Waals surface area (Å²) in [7, 11) is 0. The Labute approximate surface area is 453 Å².